The SMILES string of the molecule is O=C(O)[C@@H](Cc1cccc(N2C(=O)N(c3cccc(C[C@H](C(=O)O)[C@H]4CCNC4)c3)C3(CCC3)C2=O)c1)[C@H]1CCNC1. The second kappa shape index (κ2) is 11.5. The Labute approximate surface area is 245 Å². The Bertz CT molecular complexity index is 1380. The molecule has 6 rings (SSSR count). The van der Waals surface area contributed by atoms with Crippen LogP contribution >= 0.6 is 0 Å². The normalized spacial score (nSPS) is 24.7. The minimum Gasteiger partial charge on any atom is -0.481 e. The Balaban J connectivity index is 1.27. The van der Waals surface area contributed by atoms with Crippen LogP contribution in [0, 0.1) is 23.7 Å². The van der Waals surface area contributed by atoms with Crippen LogP contribution in [0.4, 0.5) is 16.2 Å². The molecule has 3 amide bonds. The number of benzene rings is 2. The number of carbonyl (C=O) groups is 4. The van der Waals surface area contributed by atoms with Gasteiger partial charge in [-0.1, -0.05) is 24.3 Å². The fourth-order valence-corrected chi connectivity index (χ4v) is 7.31. The van der Waals surface area contributed by atoms with E-state index < -0.39 is 35.3 Å². The molecular weight excluding hydrogens is 536 g/mol. The van der Waals surface area contributed by atoms with Crippen molar-refractivity contribution in [2.45, 2.75) is 50.5 Å². The number of nitrogens with one attached hydrogen (secondary N) is 2. The quantitative estimate of drug-likeness (QED) is 0.317. The lowest BCUT2D eigenvalue weighted by atomic mass is 9.75. The molecule has 222 valence electrons. The summed E-state index contributed by atoms with van der Waals surface area (Å²) >= 11 is 0. The molecule has 4 fully saturated rings. The first kappa shape index (κ1) is 28.4. The van der Waals surface area contributed by atoms with Crippen LogP contribution in [0.2, 0.25) is 0 Å². The first-order valence-corrected chi connectivity index (χ1v) is 15.0. The molecule has 42 heavy (non-hydrogen) atoms. The van der Waals surface area contributed by atoms with Gasteiger partial charge in [0.15, 0.2) is 0 Å². The van der Waals surface area contributed by atoms with E-state index in [1.807, 2.05) is 30.3 Å². The van der Waals surface area contributed by atoms with Crippen LogP contribution in [0.3, 0.4) is 0 Å². The first-order valence-electron chi connectivity index (χ1n) is 15.0. The summed E-state index contributed by atoms with van der Waals surface area (Å²) in [6.45, 7) is 2.96. The summed E-state index contributed by atoms with van der Waals surface area (Å²) in [5.74, 6) is -2.92. The van der Waals surface area contributed by atoms with Crippen LogP contribution in [0.25, 0.3) is 0 Å². The largest absolute Gasteiger partial charge is 0.481 e. The summed E-state index contributed by atoms with van der Waals surface area (Å²) in [5.41, 5.74) is 1.67. The van der Waals surface area contributed by atoms with E-state index >= 15 is 0 Å². The van der Waals surface area contributed by atoms with Gasteiger partial charge >= 0.3 is 18.0 Å². The topological polar surface area (TPSA) is 139 Å². The van der Waals surface area contributed by atoms with E-state index in [-0.39, 0.29) is 17.7 Å². The third-order valence-electron chi connectivity index (χ3n) is 9.81. The van der Waals surface area contributed by atoms with E-state index in [1.165, 1.54) is 4.90 Å². The molecule has 2 aromatic carbocycles. The predicted molar refractivity (Wildman–Crippen MR) is 156 cm³/mol. The Morgan fingerprint density at radius 1 is 0.833 bits per heavy atom. The number of aliphatic carboxylic acids is 2. The second-order valence-electron chi connectivity index (χ2n) is 12.3. The molecule has 2 aromatic rings. The number of imide groups is 1. The van der Waals surface area contributed by atoms with Crippen molar-refractivity contribution in [1.29, 1.82) is 0 Å². The maximum Gasteiger partial charge on any atom is 0.336 e. The van der Waals surface area contributed by atoms with Gasteiger partial charge in [0.1, 0.15) is 5.54 Å². The molecule has 1 aliphatic carbocycles. The van der Waals surface area contributed by atoms with Crippen LogP contribution in [-0.2, 0) is 27.2 Å². The molecule has 3 aliphatic heterocycles. The minimum absolute atomic E-state index is 0.0351. The van der Waals surface area contributed by atoms with Crippen molar-refractivity contribution in [3.63, 3.8) is 0 Å². The number of carbonyl (C=O) groups excluding carboxylic acids is 2. The average molecular weight is 575 g/mol. The summed E-state index contributed by atoms with van der Waals surface area (Å²) in [5, 5.41) is 26.3. The third kappa shape index (κ3) is 5.07. The number of hydrogen-bond donors (Lipinski definition) is 4. The Kier molecular flexibility index (Phi) is 7.76. The van der Waals surface area contributed by atoms with Gasteiger partial charge in [-0.05, 0) is 118 Å². The van der Waals surface area contributed by atoms with E-state index in [1.54, 1.807) is 23.1 Å². The van der Waals surface area contributed by atoms with Crippen molar-refractivity contribution >= 4 is 35.3 Å². The number of amides is 3. The summed E-state index contributed by atoms with van der Waals surface area (Å²) in [6, 6.07) is 14.1. The van der Waals surface area contributed by atoms with Gasteiger partial charge in [0.05, 0.1) is 17.5 Å². The molecule has 1 saturated carbocycles. The number of anilines is 2. The molecule has 4 atom stereocenters. The summed E-state index contributed by atoms with van der Waals surface area (Å²) in [6.07, 6.45) is 4.24. The van der Waals surface area contributed by atoms with Gasteiger partial charge in [0, 0.05) is 5.69 Å². The highest BCUT2D eigenvalue weighted by molar-refractivity contribution is 6.30. The van der Waals surface area contributed by atoms with Crippen LogP contribution in [0.1, 0.15) is 43.2 Å². The molecule has 0 bridgehead atoms. The van der Waals surface area contributed by atoms with E-state index in [0.717, 1.165) is 43.5 Å². The zero-order valence-corrected chi connectivity index (χ0v) is 23.6. The third-order valence-corrected chi connectivity index (χ3v) is 9.81. The van der Waals surface area contributed by atoms with Crippen molar-refractivity contribution in [2.75, 3.05) is 36.0 Å². The fraction of sp³-hybridized carbons (Fsp3) is 0.500. The summed E-state index contributed by atoms with van der Waals surface area (Å²) in [4.78, 5) is 55.1. The Morgan fingerprint density at radius 3 is 1.81 bits per heavy atom. The maximum atomic E-state index is 14.1. The van der Waals surface area contributed by atoms with E-state index in [4.69, 9.17) is 0 Å². The van der Waals surface area contributed by atoms with Gasteiger partial charge in [0.25, 0.3) is 5.91 Å². The molecular formula is C32H38N4O6. The fourth-order valence-electron chi connectivity index (χ4n) is 7.31. The molecule has 4 N–H and O–H groups in total. The lowest BCUT2D eigenvalue weighted by Gasteiger charge is -2.42. The zero-order valence-electron chi connectivity index (χ0n) is 23.6. The lowest BCUT2D eigenvalue weighted by molar-refractivity contribution is -0.144. The molecule has 1 spiro atoms. The monoisotopic (exact) mass is 574 g/mol. The number of rotatable bonds is 10. The first-order chi connectivity index (χ1) is 20.3. The molecule has 3 heterocycles. The predicted octanol–water partition coefficient (Wildman–Crippen LogP) is 3.29. The zero-order chi connectivity index (χ0) is 29.4. The highest BCUT2D eigenvalue weighted by Gasteiger charge is 2.61. The lowest BCUT2D eigenvalue weighted by Crippen LogP contribution is -2.55. The average Bonchev–Trinajstić information content (AvgIpc) is 3.71. The number of nitrogens with zero attached hydrogens (tertiary/aromatic N) is 2. The van der Waals surface area contributed by atoms with E-state index in [0.29, 0.717) is 50.1 Å². The molecule has 3 saturated heterocycles. The summed E-state index contributed by atoms with van der Waals surface area (Å²) < 4.78 is 0. The van der Waals surface area contributed by atoms with Crippen molar-refractivity contribution in [2.24, 2.45) is 23.7 Å². The van der Waals surface area contributed by atoms with E-state index in [2.05, 4.69) is 10.6 Å². The van der Waals surface area contributed by atoms with Crippen molar-refractivity contribution in [1.82, 2.24) is 10.6 Å². The van der Waals surface area contributed by atoms with Gasteiger partial charge in [-0.25, -0.2) is 9.69 Å². The highest BCUT2D eigenvalue weighted by Crippen LogP contribution is 2.48. The van der Waals surface area contributed by atoms with E-state index in [9.17, 15) is 29.4 Å². The molecule has 10 nitrogen and oxygen atoms in total. The van der Waals surface area contributed by atoms with Gasteiger partial charge in [0.2, 0.25) is 0 Å². The summed E-state index contributed by atoms with van der Waals surface area (Å²) in [7, 11) is 0. The molecule has 0 aromatic heterocycles. The number of urea groups is 1. The molecule has 0 unspecified atom stereocenters. The van der Waals surface area contributed by atoms with Crippen LogP contribution in [0.5, 0.6) is 0 Å². The van der Waals surface area contributed by atoms with Crippen LogP contribution in [-0.4, -0.2) is 65.8 Å². The van der Waals surface area contributed by atoms with Crippen molar-refractivity contribution < 1.29 is 29.4 Å². The van der Waals surface area contributed by atoms with Gasteiger partial charge < -0.3 is 20.8 Å². The minimum atomic E-state index is -0.966. The van der Waals surface area contributed by atoms with Crippen LogP contribution in [0.15, 0.2) is 48.5 Å². The van der Waals surface area contributed by atoms with Gasteiger partial charge in [-0.2, -0.15) is 0 Å². The number of hydrogen-bond acceptors (Lipinski definition) is 6. The maximum absolute atomic E-state index is 14.1. The molecule has 4 aliphatic rings. The van der Waals surface area contributed by atoms with Crippen LogP contribution < -0.4 is 20.4 Å². The van der Waals surface area contributed by atoms with Gasteiger partial charge in [-0.3, -0.25) is 19.3 Å². The van der Waals surface area contributed by atoms with Crippen molar-refractivity contribution in [3.05, 3.63) is 59.7 Å². The standard InChI is InChI=1S/C32H38N4O6/c37-28(38)26(22-8-12-33-18-22)16-20-4-1-6-24(14-20)35-30(41)32(10-3-11-32)36(31(35)42)25-7-2-5-21(15-25)17-27(29(39)40)23-9-13-34-19-23/h1-2,4-7,14-15,22-23,26-27,33-34H,3,8-13,16-19H2,(H,37,38)(H,39,40)/t22-,23-,26-,27-/m0/s1. The van der Waals surface area contributed by atoms with Crippen molar-refractivity contribution in [3.8, 4) is 0 Å². The highest BCUT2D eigenvalue weighted by atomic mass is 16.4. The Hall–Kier alpha value is -3.76. The Morgan fingerprint density at radius 2 is 1.36 bits per heavy atom. The number of carboxylic acid groups (broad SMARTS) is 2. The smallest absolute Gasteiger partial charge is 0.336 e. The second-order valence-corrected chi connectivity index (χ2v) is 12.3. The molecule has 0 radical (unpaired) electrons. The number of carboxylic acids is 2. The molecule has 10 heteroatoms. The van der Waals surface area contributed by atoms with Gasteiger partial charge in [-0.15, -0.1) is 0 Å².